The van der Waals surface area contributed by atoms with Gasteiger partial charge in [0.1, 0.15) is 0 Å². The van der Waals surface area contributed by atoms with Crippen LogP contribution in [0.1, 0.15) is 46.3 Å². The van der Waals surface area contributed by atoms with E-state index in [0.29, 0.717) is 25.1 Å². The van der Waals surface area contributed by atoms with E-state index in [4.69, 9.17) is 9.47 Å². The molecule has 1 fully saturated rings. The molecular formula is C23H27NO5. The molecule has 0 aliphatic carbocycles. The highest BCUT2D eigenvalue weighted by molar-refractivity contribution is 5.89. The number of carboxylic acid groups (broad SMARTS) is 1. The number of carbonyl (C=O) groups is 2. The fourth-order valence-corrected chi connectivity index (χ4v) is 3.29. The van der Waals surface area contributed by atoms with Crippen molar-refractivity contribution in [3.63, 3.8) is 0 Å². The van der Waals surface area contributed by atoms with Gasteiger partial charge in [-0.05, 0) is 42.0 Å². The molecule has 0 saturated carbocycles. The van der Waals surface area contributed by atoms with Gasteiger partial charge in [0.2, 0.25) is 5.91 Å². The molecule has 6 nitrogen and oxygen atoms in total. The van der Waals surface area contributed by atoms with E-state index in [9.17, 15) is 14.7 Å². The number of ether oxygens (including phenoxy) is 2. The van der Waals surface area contributed by atoms with E-state index in [1.165, 1.54) is 0 Å². The second-order valence-corrected chi connectivity index (χ2v) is 7.18. The predicted molar refractivity (Wildman–Crippen MR) is 109 cm³/mol. The molecule has 1 saturated heterocycles. The van der Waals surface area contributed by atoms with Gasteiger partial charge in [-0.25, -0.2) is 4.79 Å². The van der Waals surface area contributed by atoms with Crippen molar-refractivity contribution in [1.29, 1.82) is 0 Å². The summed E-state index contributed by atoms with van der Waals surface area (Å²) in [5.41, 5.74) is 3.04. The van der Waals surface area contributed by atoms with Crippen molar-refractivity contribution in [3.05, 3.63) is 70.8 Å². The minimum Gasteiger partial charge on any atom is -0.478 e. The lowest BCUT2D eigenvalue weighted by Crippen LogP contribution is -2.23. The monoisotopic (exact) mass is 397 g/mol. The highest BCUT2D eigenvalue weighted by Crippen LogP contribution is 2.14. The molecule has 2 aromatic carbocycles. The van der Waals surface area contributed by atoms with Crippen molar-refractivity contribution in [3.8, 4) is 0 Å². The van der Waals surface area contributed by atoms with Crippen LogP contribution in [0.3, 0.4) is 0 Å². The van der Waals surface area contributed by atoms with Crippen LogP contribution in [-0.2, 0) is 33.8 Å². The Morgan fingerprint density at radius 2 is 1.72 bits per heavy atom. The lowest BCUT2D eigenvalue weighted by molar-refractivity contribution is -0.121. The molecule has 1 heterocycles. The minimum atomic E-state index is -0.970. The standard InChI is InChI=1S/C23H27NO5/c25-22(10-9-19-3-1-2-4-21(19)23(26)27)24-15-17-5-7-18(8-6-17)16-29-20-11-13-28-14-12-20/h1-8,20H,9-16H2,(H,24,25)(H,26,27). The van der Waals surface area contributed by atoms with Crippen LogP contribution in [0, 0.1) is 0 Å². The van der Waals surface area contributed by atoms with Gasteiger partial charge in [-0.15, -0.1) is 0 Å². The predicted octanol–water partition coefficient (Wildman–Crippen LogP) is 3.33. The van der Waals surface area contributed by atoms with Crippen molar-refractivity contribution in [2.45, 2.75) is 44.9 Å². The average Bonchev–Trinajstić information content (AvgIpc) is 2.76. The van der Waals surface area contributed by atoms with Gasteiger partial charge in [-0.3, -0.25) is 4.79 Å². The zero-order chi connectivity index (χ0) is 20.5. The average molecular weight is 397 g/mol. The van der Waals surface area contributed by atoms with Crippen LogP contribution < -0.4 is 5.32 Å². The van der Waals surface area contributed by atoms with E-state index in [0.717, 1.165) is 37.2 Å². The molecule has 0 aromatic heterocycles. The maximum Gasteiger partial charge on any atom is 0.335 e. The molecule has 0 bridgehead atoms. The number of hydrogen-bond acceptors (Lipinski definition) is 4. The SMILES string of the molecule is O=C(CCc1ccccc1C(=O)O)NCc1ccc(COC2CCOCC2)cc1. The summed E-state index contributed by atoms with van der Waals surface area (Å²) >= 11 is 0. The number of rotatable bonds is 9. The molecule has 6 heteroatoms. The zero-order valence-electron chi connectivity index (χ0n) is 16.4. The Balaban J connectivity index is 1.40. The van der Waals surface area contributed by atoms with Gasteiger partial charge < -0.3 is 19.9 Å². The first-order chi connectivity index (χ1) is 14.1. The zero-order valence-corrected chi connectivity index (χ0v) is 16.4. The second-order valence-electron chi connectivity index (χ2n) is 7.18. The summed E-state index contributed by atoms with van der Waals surface area (Å²) in [5, 5.41) is 12.1. The minimum absolute atomic E-state index is 0.0999. The maximum atomic E-state index is 12.1. The third-order valence-corrected chi connectivity index (χ3v) is 5.04. The number of amides is 1. The molecule has 0 spiro atoms. The Kier molecular flexibility index (Phi) is 7.78. The fraction of sp³-hybridized carbons (Fsp3) is 0.391. The molecule has 0 unspecified atom stereocenters. The summed E-state index contributed by atoms with van der Waals surface area (Å²) in [7, 11) is 0. The van der Waals surface area contributed by atoms with Gasteiger partial charge in [0.05, 0.1) is 18.3 Å². The molecule has 1 aliphatic heterocycles. The molecule has 29 heavy (non-hydrogen) atoms. The van der Waals surface area contributed by atoms with E-state index < -0.39 is 5.97 Å². The number of aryl methyl sites for hydroxylation is 1. The summed E-state index contributed by atoms with van der Waals surface area (Å²) in [4.78, 5) is 23.4. The van der Waals surface area contributed by atoms with Crippen LogP contribution in [-0.4, -0.2) is 36.3 Å². The Morgan fingerprint density at radius 3 is 2.45 bits per heavy atom. The van der Waals surface area contributed by atoms with Crippen molar-refractivity contribution < 1.29 is 24.2 Å². The van der Waals surface area contributed by atoms with Gasteiger partial charge in [-0.2, -0.15) is 0 Å². The smallest absolute Gasteiger partial charge is 0.335 e. The molecule has 1 amide bonds. The number of carboxylic acids is 1. The van der Waals surface area contributed by atoms with E-state index in [-0.39, 0.29) is 24.0 Å². The lowest BCUT2D eigenvalue weighted by Gasteiger charge is -2.22. The third-order valence-electron chi connectivity index (χ3n) is 5.04. The van der Waals surface area contributed by atoms with E-state index in [1.54, 1.807) is 24.3 Å². The van der Waals surface area contributed by atoms with Gasteiger partial charge >= 0.3 is 5.97 Å². The topological polar surface area (TPSA) is 84.9 Å². The van der Waals surface area contributed by atoms with E-state index in [2.05, 4.69) is 5.32 Å². The van der Waals surface area contributed by atoms with Crippen LogP contribution in [0.4, 0.5) is 0 Å². The number of aromatic carboxylic acids is 1. The molecule has 1 aliphatic rings. The lowest BCUT2D eigenvalue weighted by atomic mass is 10.0. The van der Waals surface area contributed by atoms with E-state index in [1.807, 2.05) is 24.3 Å². The first-order valence-electron chi connectivity index (χ1n) is 9.97. The number of hydrogen-bond donors (Lipinski definition) is 2. The molecule has 154 valence electrons. The van der Waals surface area contributed by atoms with Gasteiger partial charge in [0.15, 0.2) is 0 Å². The van der Waals surface area contributed by atoms with Crippen molar-refractivity contribution in [2.24, 2.45) is 0 Å². The van der Waals surface area contributed by atoms with Crippen LogP contribution >= 0.6 is 0 Å². The van der Waals surface area contributed by atoms with E-state index >= 15 is 0 Å². The summed E-state index contributed by atoms with van der Waals surface area (Å²) in [6.45, 7) is 2.57. The Hall–Kier alpha value is -2.70. The summed E-state index contributed by atoms with van der Waals surface area (Å²) < 4.78 is 11.2. The van der Waals surface area contributed by atoms with Gasteiger partial charge in [-0.1, -0.05) is 42.5 Å². The molecule has 0 atom stereocenters. The second kappa shape index (κ2) is 10.7. The van der Waals surface area contributed by atoms with Crippen molar-refractivity contribution >= 4 is 11.9 Å². The Morgan fingerprint density at radius 1 is 1.03 bits per heavy atom. The van der Waals surface area contributed by atoms with Gasteiger partial charge in [0.25, 0.3) is 0 Å². The number of carbonyl (C=O) groups excluding carboxylic acids is 1. The Bertz CT molecular complexity index is 812. The van der Waals surface area contributed by atoms with Crippen LogP contribution in [0.2, 0.25) is 0 Å². The molecular weight excluding hydrogens is 370 g/mol. The van der Waals surface area contributed by atoms with Crippen molar-refractivity contribution in [2.75, 3.05) is 13.2 Å². The molecule has 2 N–H and O–H groups in total. The van der Waals surface area contributed by atoms with Crippen LogP contribution in [0.5, 0.6) is 0 Å². The largest absolute Gasteiger partial charge is 0.478 e. The fourth-order valence-electron chi connectivity index (χ4n) is 3.29. The highest BCUT2D eigenvalue weighted by atomic mass is 16.5. The quantitative estimate of drug-likeness (QED) is 0.678. The number of benzene rings is 2. The summed E-state index contributed by atoms with van der Waals surface area (Å²) in [6.07, 6.45) is 2.81. The summed E-state index contributed by atoms with van der Waals surface area (Å²) in [5.74, 6) is -1.07. The first-order valence-corrected chi connectivity index (χ1v) is 9.97. The number of nitrogens with one attached hydrogen (secondary N) is 1. The van der Waals surface area contributed by atoms with Crippen LogP contribution in [0.25, 0.3) is 0 Å². The van der Waals surface area contributed by atoms with Crippen molar-refractivity contribution in [1.82, 2.24) is 5.32 Å². The Labute approximate surface area is 170 Å². The molecule has 0 radical (unpaired) electrons. The molecule has 3 rings (SSSR count). The van der Waals surface area contributed by atoms with Gasteiger partial charge in [0, 0.05) is 26.2 Å². The third kappa shape index (κ3) is 6.69. The first kappa shape index (κ1) is 21.0. The normalized spacial score (nSPS) is 14.5. The van der Waals surface area contributed by atoms with Crippen LogP contribution in [0.15, 0.2) is 48.5 Å². The maximum absolute atomic E-state index is 12.1. The molecule has 2 aromatic rings. The highest BCUT2D eigenvalue weighted by Gasteiger charge is 2.14. The summed E-state index contributed by atoms with van der Waals surface area (Å²) in [6, 6.07) is 14.8.